The van der Waals surface area contributed by atoms with Crippen LogP contribution in [-0.4, -0.2) is 46.4 Å². The number of pyridine rings is 1. The molecule has 0 aromatic carbocycles. The highest BCUT2D eigenvalue weighted by atomic mass is 35.5. The number of hydrogen-bond acceptors (Lipinski definition) is 3. The number of rotatable bonds is 2. The van der Waals surface area contributed by atoms with E-state index in [1.165, 1.54) is 0 Å². The summed E-state index contributed by atoms with van der Waals surface area (Å²) in [6.07, 6.45) is 5.94. The molecule has 1 fully saturated rings. The Labute approximate surface area is 142 Å². The van der Waals surface area contributed by atoms with Gasteiger partial charge in [-0.05, 0) is 44.5 Å². The molecule has 3 heterocycles. The van der Waals surface area contributed by atoms with Crippen LogP contribution < -0.4 is 5.32 Å². The Morgan fingerprint density at radius 1 is 1.41 bits per heavy atom. The summed E-state index contributed by atoms with van der Waals surface area (Å²) in [6.45, 7) is 3.62. The summed E-state index contributed by atoms with van der Waals surface area (Å²) < 4.78 is 1.90. The zero-order valence-electron chi connectivity index (χ0n) is 12.8. The fourth-order valence-electron chi connectivity index (χ4n) is 2.75. The smallest absolute Gasteiger partial charge is 0.274 e. The molecule has 3 rings (SSSR count). The van der Waals surface area contributed by atoms with Gasteiger partial charge in [0.1, 0.15) is 11.3 Å². The monoisotopic (exact) mass is 344 g/mol. The van der Waals surface area contributed by atoms with Gasteiger partial charge in [-0.2, -0.15) is 0 Å². The van der Waals surface area contributed by atoms with Gasteiger partial charge in [0.05, 0.1) is 0 Å². The fourth-order valence-corrected chi connectivity index (χ4v) is 2.75. The first-order valence-electron chi connectivity index (χ1n) is 7.09. The van der Waals surface area contributed by atoms with Gasteiger partial charge in [0.25, 0.3) is 5.91 Å². The van der Waals surface area contributed by atoms with Crippen LogP contribution in [0.5, 0.6) is 0 Å². The van der Waals surface area contributed by atoms with E-state index in [0.717, 1.165) is 37.1 Å². The number of nitrogens with zero attached hydrogens (tertiary/aromatic N) is 3. The predicted octanol–water partition coefficient (Wildman–Crippen LogP) is 2.31. The lowest BCUT2D eigenvalue weighted by atomic mass is 10.1. The van der Waals surface area contributed by atoms with Crippen LogP contribution in [0.25, 0.3) is 5.65 Å². The predicted molar refractivity (Wildman–Crippen MR) is 92.4 cm³/mol. The second-order valence-corrected chi connectivity index (χ2v) is 5.47. The number of aryl methyl sites for hydroxylation is 1. The maximum atomic E-state index is 12.5. The van der Waals surface area contributed by atoms with E-state index in [2.05, 4.69) is 10.3 Å². The summed E-state index contributed by atoms with van der Waals surface area (Å²) in [5.41, 5.74) is 2.51. The summed E-state index contributed by atoms with van der Waals surface area (Å²) in [7, 11) is 1.95. The topological polar surface area (TPSA) is 49.6 Å². The van der Waals surface area contributed by atoms with Gasteiger partial charge in [-0.3, -0.25) is 4.79 Å². The number of fused-ring (bicyclic) bond motifs is 1. The minimum Gasteiger partial charge on any atom is -0.336 e. The van der Waals surface area contributed by atoms with Crippen LogP contribution in [0.4, 0.5) is 0 Å². The summed E-state index contributed by atoms with van der Waals surface area (Å²) in [6, 6.07) is 4.40. The highest BCUT2D eigenvalue weighted by Gasteiger charge is 2.25. The maximum Gasteiger partial charge on any atom is 0.274 e. The molecule has 1 aliphatic rings. The second-order valence-electron chi connectivity index (χ2n) is 5.47. The summed E-state index contributed by atoms with van der Waals surface area (Å²) in [4.78, 5) is 18.9. The number of aromatic nitrogens is 2. The van der Waals surface area contributed by atoms with E-state index >= 15 is 0 Å². The molecule has 0 aliphatic carbocycles. The summed E-state index contributed by atoms with van der Waals surface area (Å²) >= 11 is 0. The Bertz CT molecular complexity index is 644. The Balaban J connectivity index is 0.00000121. The summed E-state index contributed by atoms with van der Waals surface area (Å²) in [5, 5.41) is 3.25. The van der Waals surface area contributed by atoms with E-state index in [-0.39, 0.29) is 30.7 Å². The number of hydrogen-bond donors (Lipinski definition) is 1. The standard InChI is InChI=1S/C15H20N4O.2ClH/c1-11-5-7-18-10-13(17-14(18)8-11)15(20)19-6-3-4-12(9-19)16-2;;/h5,7-8,10,12,16H,3-4,6,9H2,1-2H3;2*1H. The van der Waals surface area contributed by atoms with Gasteiger partial charge < -0.3 is 14.6 Å². The third kappa shape index (κ3) is 3.72. The zero-order chi connectivity index (χ0) is 14.1. The van der Waals surface area contributed by atoms with Crippen molar-refractivity contribution >= 4 is 36.4 Å². The van der Waals surface area contributed by atoms with E-state index in [1.807, 2.05) is 47.8 Å². The molecule has 0 bridgehead atoms. The molecule has 0 saturated carbocycles. The first-order chi connectivity index (χ1) is 9.67. The molecule has 2 aromatic heterocycles. The Morgan fingerprint density at radius 2 is 2.18 bits per heavy atom. The van der Waals surface area contributed by atoms with Crippen LogP contribution in [0.2, 0.25) is 0 Å². The van der Waals surface area contributed by atoms with Gasteiger partial charge >= 0.3 is 0 Å². The van der Waals surface area contributed by atoms with E-state index in [1.54, 1.807) is 0 Å². The van der Waals surface area contributed by atoms with E-state index in [9.17, 15) is 4.79 Å². The lowest BCUT2D eigenvalue weighted by Crippen LogP contribution is -2.47. The SMILES string of the molecule is CNC1CCCN(C(=O)c2cn3ccc(C)cc3n2)C1.Cl.Cl. The number of likely N-dealkylation sites (N-methyl/N-ethyl adjacent to an activating group) is 1. The number of imidazole rings is 1. The molecule has 7 heteroatoms. The van der Waals surface area contributed by atoms with Crippen molar-refractivity contribution in [3.63, 3.8) is 0 Å². The lowest BCUT2D eigenvalue weighted by molar-refractivity contribution is 0.0693. The molecule has 22 heavy (non-hydrogen) atoms. The minimum absolute atomic E-state index is 0. The second kappa shape index (κ2) is 7.81. The first-order valence-corrected chi connectivity index (χ1v) is 7.09. The largest absolute Gasteiger partial charge is 0.336 e. The highest BCUT2D eigenvalue weighted by molar-refractivity contribution is 5.93. The number of piperidine rings is 1. The van der Waals surface area contributed by atoms with Crippen molar-refractivity contribution in [2.45, 2.75) is 25.8 Å². The van der Waals surface area contributed by atoms with Crippen molar-refractivity contribution in [1.29, 1.82) is 0 Å². The van der Waals surface area contributed by atoms with Gasteiger partial charge in [-0.1, -0.05) is 0 Å². The molecule has 5 nitrogen and oxygen atoms in total. The number of halogens is 2. The number of nitrogens with one attached hydrogen (secondary N) is 1. The molecule has 1 amide bonds. The van der Waals surface area contributed by atoms with Gasteiger partial charge in [0, 0.05) is 31.5 Å². The third-order valence-corrected chi connectivity index (χ3v) is 3.95. The van der Waals surface area contributed by atoms with Gasteiger partial charge in [-0.25, -0.2) is 4.98 Å². The van der Waals surface area contributed by atoms with Crippen LogP contribution in [0.15, 0.2) is 24.5 Å². The molecule has 1 N–H and O–H groups in total. The molecule has 1 atom stereocenters. The van der Waals surface area contributed by atoms with Crippen molar-refractivity contribution in [1.82, 2.24) is 19.6 Å². The highest BCUT2D eigenvalue weighted by Crippen LogP contribution is 2.14. The van der Waals surface area contributed by atoms with Crippen LogP contribution in [-0.2, 0) is 0 Å². The molecule has 0 spiro atoms. The fraction of sp³-hybridized carbons (Fsp3) is 0.467. The number of carbonyl (C=O) groups excluding carboxylic acids is 1. The number of likely N-dealkylation sites (tertiary alicyclic amines) is 1. The lowest BCUT2D eigenvalue weighted by Gasteiger charge is -2.32. The van der Waals surface area contributed by atoms with Crippen molar-refractivity contribution in [2.75, 3.05) is 20.1 Å². The molecule has 0 radical (unpaired) electrons. The van der Waals surface area contributed by atoms with Crippen molar-refractivity contribution in [3.8, 4) is 0 Å². The van der Waals surface area contributed by atoms with Gasteiger partial charge in [0.2, 0.25) is 0 Å². The zero-order valence-corrected chi connectivity index (χ0v) is 14.4. The van der Waals surface area contributed by atoms with E-state index < -0.39 is 0 Å². The van der Waals surface area contributed by atoms with Crippen molar-refractivity contribution in [2.24, 2.45) is 0 Å². The Morgan fingerprint density at radius 3 is 2.91 bits per heavy atom. The molecule has 122 valence electrons. The molecular weight excluding hydrogens is 323 g/mol. The van der Waals surface area contributed by atoms with Crippen molar-refractivity contribution in [3.05, 3.63) is 35.8 Å². The normalized spacial score (nSPS) is 17.7. The molecular formula is C15H22Cl2N4O. The molecule has 1 saturated heterocycles. The van der Waals surface area contributed by atoms with E-state index in [0.29, 0.717) is 11.7 Å². The van der Waals surface area contributed by atoms with Crippen LogP contribution in [0.3, 0.4) is 0 Å². The number of amides is 1. The van der Waals surface area contributed by atoms with Gasteiger partial charge in [0.15, 0.2) is 0 Å². The minimum atomic E-state index is 0. The van der Waals surface area contributed by atoms with Gasteiger partial charge in [-0.15, -0.1) is 24.8 Å². The Hall–Kier alpha value is -1.30. The average molecular weight is 345 g/mol. The molecule has 1 unspecified atom stereocenters. The number of carbonyl (C=O) groups is 1. The first kappa shape index (κ1) is 18.7. The van der Waals surface area contributed by atoms with Crippen LogP contribution in [0, 0.1) is 6.92 Å². The quantitative estimate of drug-likeness (QED) is 0.909. The van der Waals surface area contributed by atoms with E-state index in [4.69, 9.17) is 0 Å². The molecule has 2 aromatic rings. The average Bonchev–Trinajstić information content (AvgIpc) is 2.89. The summed E-state index contributed by atoms with van der Waals surface area (Å²) in [5.74, 6) is 0.0336. The molecule has 1 aliphatic heterocycles. The van der Waals surface area contributed by atoms with Crippen molar-refractivity contribution < 1.29 is 4.79 Å². The third-order valence-electron chi connectivity index (χ3n) is 3.95. The van der Waals surface area contributed by atoms with Crippen LogP contribution in [0.1, 0.15) is 28.9 Å². The van der Waals surface area contributed by atoms with Crippen LogP contribution >= 0.6 is 24.8 Å². The maximum absolute atomic E-state index is 12.5. The Kier molecular flexibility index (Phi) is 6.66.